The third-order valence-electron chi connectivity index (χ3n) is 4.97. The molecule has 1 aromatic rings. The first-order chi connectivity index (χ1) is 12.3. The van der Waals surface area contributed by atoms with Crippen LogP contribution in [0.5, 0.6) is 0 Å². The summed E-state index contributed by atoms with van der Waals surface area (Å²) in [5, 5.41) is 18.1. The molecule has 26 heavy (non-hydrogen) atoms. The zero-order chi connectivity index (χ0) is 18.9. The Morgan fingerprint density at radius 3 is 2.73 bits per heavy atom. The SMILES string of the molecule is Cc1ncc(S(=O)(=O)NC2CC(N(CC(=O)O)CC3CC3)C2)cc1C#N. The molecule has 0 aromatic carbocycles. The molecule has 2 N–H and O–H groups in total. The van der Waals surface area contributed by atoms with Gasteiger partial charge in [-0.05, 0) is 44.6 Å². The summed E-state index contributed by atoms with van der Waals surface area (Å²) in [4.78, 5) is 16.9. The van der Waals surface area contributed by atoms with E-state index >= 15 is 0 Å². The number of aryl methyl sites for hydroxylation is 1. The second-order valence-corrected chi connectivity index (χ2v) is 8.84. The number of carboxylic acid groups (broad SMARTS) is 1. The van der Waals surface area contributed by atoms with Crippen LogP contribution in [0.1, 0.15) is 36.9 Å². The molecule has 3 rings (SSSR count). The molecule has 0 saturated heterocycles. The van der Waals surface area contributed by atoms with Crippen LogP contribution in [0.3, 0.4) is 0 Å². The Hall–Kier alpha value is -2.02. The number of hydrogen-bond donors (Lipinski definition) is 2. The normalized spacial score (nSPS) is 22.7. The minimum Gasteiger partial charge on any atom is -0.480 e. The first-order valence-corrected chi connectivity index (χ1v) is 10.1. The highest BCUT2D eigenvalue weighted by atomic mass is 32.2. The fourth-order valence-electron chi connectivity index (χ4n) is 3.19. The number of aromatic nitrogens is 1. The average Bonchev–Trinajstić information content (AvgIpc) is 3.33. The lowest BCUT2D eigenvalue weighted by atomic mass is 9.86. The summed E-state index contributed by atoms with van der Waals surface area (Å²) in [5.74, 6) is -0.280. The van der Waals surface area contributed by atoms with Crippen molar-refractivity contribution in [2.45, 2.75) is 49.6 Å². The van der Waals surface area contributed by atoms with Crippen molar-refractivity contribution in [1.82, 2.24) is 14.6 Å². The van der Waals surface area contributed by atoms with E-state index in [0.29, 0.717) is 24.5 Å². The van der Waals surface area contributed by atoms with Gasteiger partial charge in [-0.1, -0.05) is 0 Å². The van der Waals surface area contributed by atoms with Gasteiger partial charge in [0.15, 0.2) is 0 Å². The van der Waals surface area contributed by atoms with Gasteiger partial charge in [0, 0.05) is 24.8 Å². The van der Waals surface area contributed by atoms with Crippen LogP contribution in [0.25, 0.3) is 0 Å². The summed E-state index contributed by atoms with van der Waals surface area (Å²) in [6.07, 6.45) is 4.70. The first-order valence-electron chi connectivity index (χ1n) is 8.63. The van der Waals surface area contributed by atoms with E-state index in [9.17, 15) is 13.2 Å². The lowest BCUT2D eigenvalue weighted by Gasteiger charge is -2.42. The maximum atomic E-state index is 12.5. The molecule has 2 saturated carbocycles. The maximum absolute atomic E-state index is 12.5. The van der Waals surface area contributed by atoms with Gasteiger partial charge in [0.1, 0.15) is 11.0 Å². The van der Waals surface area contributed by atoms with E-state index in [4.69, 9.17) is 10.4 Å². The Bertz CT molecular complexity index is 839. The largest absolute Gasteiger partial charge is 0.480 e. The fraction of sp³-hybridized carbons (Fsp3) is 0.588. The molecule has 2 fully saturated rings. The van der Waals surface area contributed by atoms with Gasteiger partial charge < -0.3 is 5.11 Å². The molecule has 9 heteroatoms. The Labute approximate surface area is 152 Å². The molecule has 0 radical (unpaired) electrons. The lowest BCUT2D eigenvalue weighted by Crippen LogP contribution is -2.55. The second-order valence-electron chi connectivity index (χ2n) is 7.13. The quantitative estimate of drug-likeness (QED) is 0.688. The van der Waals surface area contributed by atoms with Gasteiger partial charge in [0.05, 0.1) is 17.8 Å². The third-order valence-corrected chi connectivity index (χ3v) is 6.46. The zero-order valence-corrected chi connectivity index (χ0v) is 15.4. The zero-order valence-electron chi connectivity index (χ0n) is 14.6. The van der Waals surface area contributed by atoms with Crippen LogP contribution < -0.4 is 4.72 Å². The molecule has 0 spiro atoms. The molecular formula is C17H22N4O4S. The summed E-state index contributed by atoms with van der Waals surface area (Å²) in [5.41, 5.74) is 0.718. The molecule has 1 aromatic heterocycles. The van der Waals surface area contributed by atoms with Crippen LogP contribution in [-0.4, -0.2) is 54.6 Å². The molecule has 0 unspecified atom stereocenters. The third kappa shape index (κ3) is 4.38. The molecule has 0 aliphatic heterocycles. The van der Waals surface area contributed by atoms with Crippen molar-refractivity contribution in [2.24, 2.45) is 5.92 Å². The predicted molar refractivity (Wildman–Crippen MR) is 92.8 cm³/mol. The van der Waals surface area contributed by atoms with Crippen LogP contribution in [0.4, 0.5) is 0 Å². The van der Waals surface area contributed by atoms with Gasteiger partial charge in [0.2, 0.25) is 10.0 Å². The van der Waals surface area contributed by atoms with Crippen molar-refractivity contribution in [3.05, 3.63) is 23.5 Å². The Kier molecular flexibility index (Phi) is 5.27. The van der Waals surface area contributed by atoms with Gasteiger partial charge in [-0.3, -0.25) is 14.7 Å². The van der Waals surface area contributed by atoms with Crippen LogP contribution in [-0.2, 0) is 14.8 Å². The molecule has 0 atom stereocenters. The molecule has 2 aliphatic rings. The van der Waals surface area contributed by atoms with Crippen molar-refractivity contribution < 1.29 is 18.3 Å². The van der Waals surface area contributed by atoms with Crippen LogP contribution in [0, 0.1) is 24.2 Å². The number of pyridine rings is 1. The standard InChI is InChI=1S/C17H22N4O4S/c1-11-13(7-18)4-16(8-19-11)26(24,25)20-14-5-15(6-14)21(10-17(22)23)9-12-2-3-12/h4,8,12,14-15,20H,2-3,5-6,9-10H2,1H3,(H,22,23). The summed E-state index contributed by atoms with van der Waals surface area (Å²) in [7, 11) is -3.75. The number of hydrogen-bond acceptors (Lipinski definition) is 6. The number of nitrogens with one attached hydrogen (secondary N) is 1. The molecular weight excluding hydrogens is 356 g/mol. The predicted octanol–water partition coefficient (Wildman–Crippen LogP) is 0.868. The summed E-state index contributed by atoms with van der Waals surface area (Å²) in [6.45, 7) is 2.41. The van der Waals surface area contributed by atoms with E-state index in [2.05, 4.69) is 9.71 Å². The summed E-state index contributed by atoms with van der Waals surface area (Å²) >= 11 is 0. The Morgan fingerprint density at radius 1 is 1.46 bits per heavy atom. The highest BCUT2D eigenvalue weighted by Gasteiger charge is 2.39. The minimum atomic E-state index is -3.75. The Morgan fingerprint density at radius 2 is 2.15 bits per heavy atom. The van der Waals surface area contributed by atoms with Gasteiger partial charge in [-0.15, -0.1) is 0 Å². The van der Waals surface area contributed by atoms with E-state index in [1.165, 1.54) is 12.3 Å². The van der Waals surface area contributed by atoms with E-state index in [1.54, 1.807) is 6.92 Å². The Balaban J connectivity index is 1.60. The summed E-state index contributed by atoms with van der Waals surface area (Å²) < 4.78 is 27.6. The highest BCUT2D eigenvalue weighted by Crippen LogP contribution is 2.34. The molecule has 0 amide bonds. The smallest absolute Gasteiger partial charge is 0.317 e. The van der Waals surface area contributed by atoms with Gasteiger partial charge in [-0.25, -0.2) is 13.1 Å². The van der Waals surface area contributed by atoms with Gasteiger partial charge in [0.25, 0.3) is 0 Å². The van der Waals surface area contributed by atoms with E-state index in [-0.39, 0.29) is 29.1 Å². The molecule has 140 valence electrons. The number of nitriles is 1. The van der Waals surface area contributed by atoms with Gasteiger partial charge in [-0.2, -0.15) is 5.26 Å². The number of carbonyl (C=O) groups is 1. The van der Waals surface area contributed by atoms with Crippen molar-refractivity contribution in [2.75, 3.05) is 13.1 Å². The van der Waals surface area contributed by atoms with Crippen LogP contribution in [0.15, 0.2) is 17.2 Å². The molecule has 0 bridgehead atoms. The molecule has 8 nitrogen and oxygen atoms in total. The second kappa shape index (κ2) is 7.31. The minimum absolute atomic E-state index is 0.00590. The van der Waals surface area contributed by atoms with E-state index < -0.39 is 16.0 Å². The van der Waals surface area contributed by atoms with E-state index in [0.717, 1.165) is 19.4 Å². The monoisotopic (exact) mass is 378 g/mol. The van der Waals surface area contributed by atoms with Crippen molar-refractivity contribution in [3.8, 4) is 6.07 Å². The number of sulfonamides is 1. The number of aliphatic carboxylic acids is 1. The number of rotatable bonds is 8. The maximum Gasteiger partial charge on any atom is 0.317 e. The summed E-state index contributed by atoms with van der Waals surface area (Å²) in [6, 6.07) is 3.12. The van der Waals surface area contributed by atoms with Crippen molar-refractivity contribution in [3.63, 3.8) is 0 Å². The average molecular weight is 378 g/mol. The first kappa shape index (κ1) is 18.8. The molecule has 2 aliphatic carbocycles. The highest BCUT2D eigenvalue weighted by molar-refractivity contribution is 7.89. The number of carboxylic acids is 1. The lowest BCUT2D eigenvalue weighted by molar-refractivity contribution is -0.139. The van der Waals surface area contributed by atoms with Crippen molar-refractivity contribution >= 4 is 16.0 Å². The van der Waals surface area contributed by atoms with Crippen LogP contribution >= 0.6 is 0 Å². The van der Waals surface area contributed by atoms with Gasteiger partial charge >= 0.3 is 5.97 Å². The number of nitrogens with zero attached hydrogens (tertiary/aromatic N) is 3. The molecule has 1 heterocycles. The van der Waals surface area contributed by atoms with Crippen LogP contribution in [0.2, 0.25) is 0 Å². The topological polar surface area (TPSA) is 123 Å². The fourth-order valence-corrected chi connectivity index (χ4v) is 4.42. The van der Waals surface area contributed by atoms with Crippen molar-refractivity contribution in [1.29, 1.82) is 5.26 Å². The van der Waals surface area contributed by atoms with E-state index in [1.807, 2.05) is 11.0 Å².